The number of hydrogen-bond acceptors (Lipinski definition) is 4. The number of unbranched alkanes of at least 4 members (excludes halogenated alkanes) is 6. The molecule has 0 aliphatic carbocycles. The molecule has 0 bridgehead atoms. The number of nitrogens with one attached hydrogen (secondary N) is 1. The van der Waals surface area contributed by atoms with Crippen LogP contribution in [-0.4, -0.2) is 41.3 Å². The van der Waals surface area contributed by atoms with E-state index < -0.39 is 6.23 Å². The Balaban J connectivity index is 0. The van der Waals surface area contributed by atoms with Crippen molar-refractivity contribution >= 4 is 0 Å². The van der Waals surface area contributed by atoms with Gasteiger partial charge in [0.05, 0.1) is 6.61 Å². The third-order valence-corrected chi connectivity index (χ3v) is 2.83. The molecule has 0 aromatic heterocycles. The predicted molar refractivity (Wildman–Crippen MR) is 76.4 cm³/mol. The minimum absolute atomic E-state index is 0.0143. The van der Waals surface area contributed by atoms with Crippen LogP contribution in [0.25, 0.3) is 0 Å². The van der Waals surface area contributed by atoms with Gasteiger partial charge in [-0.3, -0.25) is 5.32 Å². The zero-order valence-corrected chi connectivity index (χ0v) is 12.4. The lowest BCUT2D eigenvalue weighted by atomic mass is 10.1. The molecule has 4 heteroatoms. The minimum atomic E-state index is -0.460. The molecule has 0 aliphatic heterocycles. The van der Waals surface area contributed by atoms with Crippen molar-refractivity contribution in [2.24, 2.45) is 0 Å². The van der Waals surface area contributed by atoms with Crippen molar-refractivity contribution in [3.8, 4) is 0 Å². The first kappa shape index (κ1) is 20.2. The van der Waals surface area contributed by atoms with Crippen LogP contribution in [-0.2, 0) is 0 Å². The number of aliphatic hydroxyl groups excluding tert-OH is 3. The highest BCUT2D eigenvalue weighted by Gasteiger charge is 2.06. The fraction of sp³-hybridized carbons (Fsp3) is 1.00. The van der Waals surface area contributed by atoms with Gasteiger partial charge in [0.1, 0.15) is 6.23 Å². The van der Waals surface area contributed by atoms with Crippen LogP contribution in [0.1, 0.15) is 65.2 Å². The molecule has 0 saturated carbocycles. The second-order valence-electron chi connectivity index (χ2n) is 4.68. The van der Waals surface area contributed by atoms with E-state index in [-0.39, 0.29) is 12.6 Å². The monoisotopic (exact) mass is 263 g/mol. The van der Waals surface area contributed by atoms with E-state index in [1.54, 1.807) is 0 Å². The summed E-state index contributed by atoms with van der Waals surface area (Å²) in [5.41, 5.74) is 0. The average molecular weight is 263 g/mol. The summed E-state index contributed by atoms with van der Waals surface area (Å²) < 4.78 is 0. The molecule has 0 radical (unpaired) electrons. The van der Waals surface area contributed by atoms with Gasteiger partial charge in [0.2, 0.25) is 0 Å². The van der Waals surface area contributed by atoms with Crippen LogP contribution in [0.15, 0.2) is 0 Å². The highest BCUT2D eigenvalue weighted by molar-refractivity contribution is 4.61. The summed E-state index contributed by atoms with van der Waals surface area (Å²) in [5, 5.41) is 28.3. The maximum absolute atomic E-state index is 9.57. The first-order valence-corrected chi connectivity index (χ1v) is 7.20. The van der Waals surface area contributed by atoms with Gasteiger partial charge in [0, 0.05) is 13.2 Å². The highest BCUT2D eigenvalue weighted by Crippen LogP contribution is 2.09. The van der Waals surface area contributed by atoms with Crippen molar-refractivity contribution in [2.45, 2.75) is 77.5 Å². The van der Waals surface area contributed by atoms with Crippen molar-refractivity contribution in [1.29, 1.82) is 0 Å². The van der Waals surface area contributed by atoms with Gasteiger partial charge in [-0.2, -0.15) is 0 Å². The van der Waals surface area contributed by atoms with Gasteiger partial charge < -0.3 is 15.3 Å². The van der Waals surface area contributed by atoms with Gasteiger partial charge in [-0.15, -0.1) is 0 Å². The summed E-state index contributed by atoms with van der Waals surface area (Å²) in [7, 11) is 1.00. The Labute approximate surface area is 112 Å². The number of aliphatic hydroxyl groups is 3. The Morgan fingerprint density at radius 2 is 1.44 bits per heavy atom. The molecule has 0 aliphatic rings. The van der Waals surface area contributed by atoms with E-state index >= 15 is 0 Å². The quantitative estimate of drug-likeness (QED) is 0.340. The highest BCUT2D eigenvalue weighted by atomic mass is 16.3. The second-order valence-corrected chi connectivity index (χ2v) is 4.68. The molecule has 4 nitrogen and oxygen atoms in total. The number of rotatable bonds is 11. The second kappa shape index (κ2) is 16.8. The van der Waals surface area contributed by atoms with Crippen LogP contribution in [0, 0.1) is 0 Å². The molecule has 0 aromatic carbocycles. The van der Waals surface area contributed by atoms with E-state index in [4.69, 9.17) is 10.2 Å². The Morgan fingerprint density at radius 1 is 0.944 bits per heavy atom. The van der Waals surface area contributed by atoms with Crippen LogP contribution < -0.4 is 5.32 Å². The van der Waals surface area contributed by atoms with E-state index in [0.717, 1.165) is 20.0 Å². The molecular weight excluding hydrogens is 230 g/mol. The van der Waals surface area contributed by atoms with Gasteiger partial charge in [-0.25, -0.2) is 0 Å². The Kier molecular flexibility index (Phi) is 18.9. The Morgan fingerprint density at radius 3 is 1.94 bits per heavy atom. The summed E-state index contributed by atoms with van der Waals surface area (Å²) in [6.07, 6.45) is 9.19. The summed E-state index contributed by atoms with van der Waals surface area (Å²) in [4.78, 5) is 0. The fourth-order valence-corrected chi connectivity index (χ4v) is 1.76. The van der Waals surface area contributed by atoms with E-state index in [1.807, 2.05) is 6.92 Å². The number of hydrogen-bond donors (Lipinski definition) is 4. The molecule has 0 heterocycles. The van der Waals surface area contributed by atoms with Crippen molar-refractivity contribution in [3.63, 3.8) is 0 Å². The van der Waals surface area contributed by atoms with Crippen molar-refractivity contribution in [3.05, 3.63) is 0 Å². The van der Waals surface area contributed by atoms with Crippen molar-refractivity contribution in [1.82, 2.24) is 5.32 Å². The van der Waals surface area contributed by atoms with Crippen molar-refractivity contribution < 1.29 is 15.3 Å². The van der Waals surface area contributed by atoms with Gasteiger partial charge in [0.15, 0.2) is 0 Å². The topological polar surface area (TPSA) is 72.7 Å². The molecule has 0 rings (SSSR count). The van der Waals surface area contributed by atoms with E-state index in [9.17, 15) is 5.11 Å². The zero-order chi connectivity index (χ0) is 14.2. The maximum Gasteiger partial charge on any atom is 0.105 e. The molecule has 0 saturated heterocycles. The van der Waals surface area contributed by atoms with Crippen LogP contribution in [0.2, 0.25) is 0 Å². The van der Waals surface area contributed by atoms with E-state index in [2.05, 4.69) is 12.2 Å². The average Bonchev–Trinajstić information content (AvgIpc) is 2.40. The van der Waals surface area contributed by atoms with Crippen molar-refractivity contribution in [2.75, 3.05) is 13.7 Å². The third-order valence-electron chi connectivity index (χ3n) is 2.83. The normalized spacial score (nSPS) is 13.7. The van der Waals surface area contributed by atoms with Gasteiger partial charge in [-0.1, -0.05) is 45.4 Å². The molecular formula is C14H33NO3. The summed E-state index contributed by atoms with van der Waals surface area (Å²) in [5.74, 6) is 0. The fourth-order valence-electron chi connectivity index (χ4n) is 1.76. The SMILES string of the molecule is CCCCCCCCCC(O)NC(C)CO.CO. The van der Waals surface area contributed by atoms with Crippen LogP contribution in [0.3, 0.4) is 0 Å². The molecule has 112 valence electrons. The van der Waals surface area contributed by atoms with Crippen LogP contribution in [0.5, 0.6) is 0 Å². The van der Waals surface area contributed by atoms with Gasteiger partial charge >= 0.3 is 0 Å². The van der Waals surface area contributed by atoms with E-state index in [1.165, 1.54) is 38.5 Å². The van der Waals surface area contributed by atoms with Crippen LogP contribution >= 0.6 is 0 Å². The largest absolute Gasteiger partial charge is 0.400 e. The van der Waals surface area contributed by atoms with Gasteiger partial charge in [-0.05, 0) is 19.8 Å². The predicted octanol–water partition coefficient (Wildman–Crippen LogP) is 2.02. The molecule has 0 aromatic rings. The molecule has 0 amide bonds. The molecule has 2 atom stereocenters. The molecule has 0 spiro atoms. The lowest BCUT2D eigenvalue weighted by Gasteiger charge is -2.16. The first-order chi connectivity index (χ1) is 8.70. The lowest BCUT2D eigenvalue weighted by Crippen LogP contribution is -2.38. The minimum Gasteiger partial charge on any atom is -0.400 e. The summed E-state index contributed by atoms with van der Waals surface area (Å²) >= 11 is 0. The Bertz CT molecular complexity index is 145. The molecule has 2 unspecified atom stereocenters. The standard InChI is InChI=1S/C13H29NO2.CH4O/c1-3-4-5-6-7-8-9-10-13(16)14-12(2)11-15;1-2/h12-16H,3-11H2,1-2H3;2H,1H3. The summed E-state index contributed by atoms with van der Waals surface area (Å²) in [6, 6.07) is -0.0143. The third kappa shape index (κ3) is 15.8. The molecule has 18 heavy (non-hydrogen) atoms. The molecule has 0 fully saturated rings. The molecule has 4 N–H and O–H groups in total. The van der Waals surface area contributed by atoms with Gasteiger partial charge in [0.25, 0.3) is 0 Å². The Hall–Kier alpha value is -0.160. The zero-order valence-electron chi connectivity index (χ0n) is 12.4. The maximum atomic E-state index is 9.57. The van der Waals surface area contributed by atoms with E-state index in [0.29, 0.717) is 0 Å². The lowest BCUT2D eigenvalue weighted by molar-refractivity contribution is 0.0977. The van der Waals surface area contributed by atoms with Crippen LogP contribution in [0.4, 0.5) is 0 Å². The summed E-state index contributed by atoms with van der Waals surface area (Å²) in [6.45, 7) is 4.17. The smallest absolute Gasteiger partial charge is 0.105 e. The first-order valence-electron chi connectivity index (χ1n) is 7.20.